The maximum atomic E-state index is 12.1. The number of ether oxygens (including phenoxy) is 1. The third-order valence-corrected chi connectivity index (χ3v) is 5.43. The van der Waals surface area contributed by atoms with E-state index in [0.29, 0.717) is 21.5 Å². The number of hydrogen-bond donors (Lipinski definition) is 1. The van der Waals surface area contributed by atoms with Gasteiger partial charge >= 0.3 is 5.97 Å². The number of halogens is 2. The second kappa shape index (κ2) is 10.4. The number of rotatable bonds is 7. The van der Waals surface area contributed by atoms with Gasteiger partial charge < -0.3 is 10.1 Å². The zero-order valence-corrected chi connectivity index (χ0v) is 18.6. The molecule has 0 saturated heterocycles. The van der Waals surface area contributed by atoms with Crippen LogP contribution in [0.1, 0.15) is 23.0 Å². The molecule has 0 unspecified atom stereocenters. The summed E-state index contributed by atoms with van der Waals surface area (Å²) in [5.74, 6) is -1.35. The van der Waals surface area contributed by atoms with Crippen LogP contribution in [0.25, 0.3) is 0 Å². The van der Waals surface area contributed by atoms with Gasteiger partial charge in [-0.3, -0.25) is 19.3 Å². The van der Waals surface area contributed by atoms with E-state index in [4.69, 9.17) is 27.9 Å². The molecule has 160 valence electrons. The van der Waals surface area contributed by atoms with Gasteiger partial charge in [-0.15, -0.1) is 11.3 Å². The van der Waals surface area contributed by atoms with Crippen LogP contribution >= 0.6 is 34.5 Å². The average molecular weight is 478 g/mol. The molecule has 1 aromatic heterocycles. The molecule has 0 bridgehead atoms. The van der Waals surface area contributed by atoms with Gasteiger partial charge in [-0.25, -0.2) is 4.98 Å². The Hall–Kier alpha value is -2.94. The molecule has 3 rings (SSSR count). The number of esters is 1. The highest BCUT2D eigenvalue weighted by Gasteiger charge is 2.18. The first-order valence-corrected chi connectivity index (χ1v) is 10.7. The molecule has 0 fully saturated rings. The number of carbonyl (C=O) groups is 3. The Kier molecular flexibility index (Phi) is 7.62. The van der Waals surface area contributed by atoms with E-state index in [1.54, 1.807) is 17.5 Å². The van der Waals surface area contributed by atoms with E-state index >= 15 is 0 Å². The zero-order valence-electron chi connectivity index (χ0n) is 16.3. The number of nitrogens with zero attached hydrogens (tertiary/aromatic N) is 2. The number of para-hydroxylation sites is 1. The second-order valence-electron chi connectivity index (χ2n) is 6.28. The Balaban J connectivity index is 1.54. The summed E-state index contributed by atoms with van der Waals surface area (Å²) in [6.07, 6.45) is 0. The molecule has 3 aromatic rings. The number of carbonyl (C=O) groups excluding carboxylic acids is 3. The van der Waals surface area contributed by atoms with Crippen LogP contribution < -0.4 is 10.2 Å². The minimum Gasteiger partial charge on any atom is -0.458 e. The molecule has 1 heterocycles. The van der Waals surface area contributed by atoms with Crippen LogP contribution in [-0.4, -0.2) is 29.3 Å². The highest BCUT2D eigenvalue weighted by molar-refractivity contribution is 7.14. The van der Waals surface area contributed by atoms with Gasteiger partial charge in [0.25, 0.3) is 5.91 Å². The van der Waals surface area contributed by atoms with Gasteiger partial charge in [0.15, 0.2) is 5.13 Å². The highest BCUT2D eigenvalue weighted by Crippen LogP contribution is 2.28. The van der Waals surface area contributed by atoms with Crippen LogP contribution in [0.3, 0.4) is 0 Å². The van der Waals surface area contributed by atoms with Crippen molar-refractivity contribution in [3.8, 4) is 0 Å². The maximum Gasteiger partial charge on any atom is 0.325 e. The summed E-state index contributed by atoms with van der Waals surface area (Å²) >= 11 is 13.0. The molecule has 0 spiro atoms. The molecule has 7 nitrogen and oxygen atoms in total. The molecule has 0 saturated carbocycles. The number of benzene rings is 2. The topological polar surface area (TPSA) is 88.6 Å². The van der Waals surface area contributed by atoms with Crippen molar-refractivity contribution in [1.29, 1.82) is 0 Å². The van der Waals surface area contributed by atoms with E-state index < -0.39 is 11.9 Å². The van der Waals surface area contributed by atoms with Gasteiger partial charge in [-0.05, 0) is 30.3 Å². The van der Waals surface area contributed by atoms with Gasteiger partial charge in [0.1, 0.15) is 13.2 Å². The molecule has 0 atom stereocenters. The second-order valence-corrected chi connectivity index (χ2v) is 7.96. The molecule has 31 heavy (non-hydrogen) atoms. The van der Waals surface area contributed by atoms with Crippen LogP contribution in [0.5, 0.6) is 0 Å². The normalized spacial score (nSPS) is 10.4. The first-order valence-electron chi connectivity index (χ1n) is 9.04. The molecule has 2 aromatic carbocycles. The Labute approximate surface area is 192 Å². The number of hydrogen-bond acceptors (Lipinski definition) is 6. The lowest BCUT2D eigenvalue weighted by Gasteiger charge is -2.17. The van der Waals surface area contributed by atoms with Crippen molar-refractivity contribution in [1.82, 2.24) is 10.3 Å². The average Bonchev–Trinajstić information content (AvgIpc) is 3.19. The minimum absolute atomic E-state index is 0.0898. The number of amides is 2. The molecule has 10 heteroatoms. The van der Waals surface area contributed by atoms with Crippen LogP contribution in [0.4, 0.5) is 10.8 Å². The van der Waals surface area contributed by atoms with E-state index in [-0.39, 0.29) is 29.6 Å². The lowest BCUT2D eigenvalue weighted by atomic mass is 10.2. The fraction of sp³-hybridized carbons (Fsp3) is 0.143. The van der Waals surface area contributed by atoms with Crippen molar-refractivity contribution in [2.45, 2.75) is 13.5 Å². The number of anilines is 2. The Morgan fingerprint density at radius 1 is 1.13 bits per heavy atom. The van der Waals surface area contributed by atoms with Crippen LogP contribution in [0, 0.1) is 0 Å². The molecule has 0 radical (unpaired) electrons. The Morgan fingerprint density at radius 2 is 1.87 bits per heavy atom. The molecule has 0 aliphatic rings. The summed E-state index contributed by atoms with van der Waals surface area (Å²) in [4.78, 5) is 42.0. The largest absolute Gasteiger partial charge is 0.458 e. The van der Waals surface area contributed by atoms with E-state index in [0.717, 1.165) is 0 Å². The van der Waals surface area contributed by atoms with Crippen molar-refractivity contribution in [3.05, 3.63) is 75.2 Å². The number of nitrogens with one attached hydrogen (secondary N) is 1. The van der Waals surface area contributed by atoms with Crippen LogP contribution in [-0.2, 0) is 20.9 Å². The smallest absolute Gasteiger partial charge is 0.325 e. The lowest BCUT2D eigenvalue weighted by molar-refractivity contribution is -0.143. The van der Waals surface area contributed by atoms with Gasteiger partial charge in [-0.2, -0.15) is 0 Å². The van der Waals surface area contributed by atoms with Crippen molar-refractivity contribution in [2.24, 2.45) is 0 Å². The summed E-state index contributed by atoms with van der Waals surface area (Å²) in [6, 6.07) is 13.6. The van der Waals surface area contributed by atoms with Crippen molar-refractivity contribution >= 4 is 63.1 Å². The summed E-state index contributed by atoms with van der Waals surface area (Å²) in [5, 5.41) is 5.20. The molecule has 1 N–H and O–H groups in total. The molecule has 0 aliphatic carbocycles. The van der Waals surface area contributed by atoms with Crippen LogP contribution in [0.2, 0.25) is 10.0 Å². The summed E-state index contributed by atoms with van der Waals surface area (Å²) < 4.78 is 5.16. The number of aromatic nitrogens is 1. The predicted octanol–water partition coefficient (Wildman–Crippen LogP) is 4.61. The summed E-state index contributed by atoms with van der Waals surface area (Å²) in [7, 11) is 0. The van der Waals surface area contributed by atoms with E-state index in [1.807, 2.05) is 18.2 Å². The van der Waals surface area contributed by atoms with Crippen LogP contribution in [0.15, 0.2) is 53.9 Å². The number of thiazole rings is 1. The molecular formula is C21H17Cl2N3O4S. The quantitative estimate of drug-likeness (QED) is 0.502. The fourth-order valence-corrected chi connectivity index (χ4v) is 3.96. The van der Waals surface area contributed by atoms with E-state index in [9.17, 15) is 14.4 Å². The summed E-state index contributed by atoms with van der Waals surface area (Å²) in [5.41, 5.74) is 1.38. The van der Waals surface area contributed by atoms with Gasteiger partial charge in [0.05, 0.1) is 22.0 Å². The lowest BCUT2D eigenvalue weighted by Crippen LogP contribution is -2.30. The molecule has 0 aliphatic heterocycles. The van der Waals surface area contributed by atoms with Gasteiger partial charge in [-0.1, -0.05) is 41.4 Å². The van der Waals surface area contributed by atoms with Crippen molar-refractivity contribution in [3.63, 3.8) is 0 Å². The molecular weight excluding hydrogens is 461 g/mol. The fourth-order valence-electron chi connectivity index (χ4n) is 2.60. The Bertz CT molecular complexity index is 1110. The highest BCUT2D eigenvalue weighted by atomic mass is 35.5. The SMILES string of the molecule is CC(=O)N(c1ccccc1)c1nc(COC(=O)CNC(=O)c2ccc(Cl)cc2Cl)cs1. The third kappa shape index (κ3) is 6.04. The zero-order chi connectivity index (χ0) is 22.4. The van der Waals surface area contributed by atoms with Gasteiger partial charge in [0.2, 0.25) is 5.91 Å². The van der Waals surface area contributed by atoms with Gasteiger partial charge in [0, 0.05) is 17.3 Å². The first-order chi connectivity index (χ1) is 14.8. The van der Waals surface area contributed by atoms with E-state index in [1.165, 1.54) is 41.4 Å². The first kappa shape index (κ1) is 22.7. The minimum atomic E-state index is -0.639. The molecule has 2 amide bonds. The van der Waals surface area contributed by atoms with E-state index in [2.05, 4.69) is 10.3 Å². The maximum absolute atomic E-state index is 12.1. The van der Waals surface area contributed by atoms with Crippen molar-refractivity contribution in [2.75, 3.05) is 11.4 Å². The monoisotopic (exact) mass is 477 g/mol. The Morgan fingerprint density at radius 3 is 2.55 bits per heavy atom. The third-order valence-electron chi connectivity index (χ3n) is 4.01. The summed E-state index contributed by atoms with van der Waals surface area (Å²) in [6.45, 7) is 1.02. The standard InChI is InChI=1S/C21H17Cl2N3O4S/c1-13(27)26(16-5-3-2-4-6-16)21-25-15(12-31-21)11-30-19(28)10-24-20(29)17-8-7-14(22)9-18(17)23/h2-9,12H,10-11H2,1H3,(H,24,29). The predicted molar refractivity (Wildman–Crippen MR) is 120 cm³/mol. The van der Waals surface area contributed by atoms with Crippen molar-refractivity contribution < 1.29 is 19.1 Å².